The Hall–Kier alpha value is -1.60. The highest BCUT2D eigenvalue weighted by Gasteiger charge is 2.31. The van der Waals surface area contributed by atoms with Crippen LogP contribution < -0.4 is 5.73 Å². The van der Waals surface area contributed by atoms with Crippen LogP contribution in [-0.2, 0) is 6.42 Å². The van der Waals surface area contributed by atoms with Gasteiger partial charge >= 0.3 is 0 Å². The summed E-state index contributed by atoms with van der Waals surface area (Å²) in [5, 5.41) is 0. The van der Waals surface area contributed by atoms with Gasteiger partial charge in [0.1, 0.15) is 0 Å². The van der Waals surface area contributed by atoms with Crippen LogP contribution in [0.15, 0.2) is 48.5 Å². The first kappa shape index (κ1) is 14.3. The molecular weight excluding hydrogens is 254 g/mol. The monoisotopic (exact) mass is 279 g/mol. The fourth-order valence-electron chi connectivity index (χ4n) is 3.97. The van der Waals surface area contributed by atoms with E-state index in [9.17, 15) is 0 Å². The molecule has 0 bridgehead atoms. The molecule has 1 aliphatic carbocycles. The van der Waals surface area contributed by atoms with Crippen molar-refractivity contribution in [3.05, 3.63) is 59.7 Å². The summed E-state index contributed by atoms with van der Waals surface area (Å²) in [5.41, 5.74) is 12.2. The third-order valence-corrected chi connectivity index (χ3v) is 4.90. The van der Waals surface area contributed by atoms with Crippen molar-refractivity contribution in [3.63, 3.8) is 0 Å². The van der Waals surface area contributed by atoms with Crippen LogP contribution in [0.5, 0.6) is 0 Å². The number of fused-ring (bicyclic) bond motifs is 3. The summed E-state index contributed by atoms with van der Waals surface area (Å²) in [4.78, 5) is 0. The molecule has 2 aromatic rings. The van der Waals surface area contributed by atoms with E-state index in [1.54, 1.807) is 0 Å². The molecule has 21 heavy (non-hydrogen) atoms. The summed E-state index contributed by atoms with van der Waals surface area (Å²) in [7, 11) is 0. The van der Waals surface area contributed by atoms with Crippen molar-refractivity contribution >= 4 is 0 Å². The quantitative estimate of drug-likeness (QED) is 0.861. The Balaban J connectivity index is 2.15. The van der Waals surface area contributed by atoms with Gasteiger partial charge in [-0.2, -0.15) is 0 Å². The SMILES string of the molecule is CCCC(C)C1c2ccccc2-c2ccccc2CC1N. The summed E-state index contributed by atoms with van der Waals surface area (Å²) in [6.07, 6.45) is 3.44. The Bertz CT molecular complexity index is 617. The van der Waals surface area contributed by atoms with Gasteiger partial charge in [0.15, 0.2) is 0 Å². The maximum Gasteiger partial charge on any atom is 0.0151 e. The predicted molar refractivity (Wildman–Crippen MR) is 90.4 cm³/mol. The fourth-order valence-corrected chi connectivity index (χ4v) is 3.97. The lowest BCUT2D eigenvalue weighted by atomic mass is 9.78. The second-order valence-corrected chi connectivity index (χ2v) is 6.40. The molecule has 1 heteroatoms. The molecular formula is C20H25N. The van der Waals surface area contributed by atoms with Gasteiger partial charge in [-0.3, -0.25) is 0 Å². The minimum absolute atomic E-state index is 0.205. The molecule has 0 fully saturated rings. The zero-order valence-electron chi connectivity index (χ0n) is 13.0. The zero-order chi connectivity index (χ0) is 14.8. The molecule has 0 saturated carbocycles. The van der Waals surface area contributed by atoms with Crippen molar-refractivity contribution in [1.29, 1.82) is 0 Å². The Morgan fingerprint density at radius 1 is 1.05 bits per heavy atom. The summed E-state index contributed by atoms with van der Waals surface area (Å²) >= 11 is 0. The molecule has 0 radical (unpaired) electrons. The van der Waals surface area contributed by atoms with E-state index in [2.05, 4.69) is 62.4 Å². The van der Waals surface area contributed by atoms with Crippen molar-refractivity contribution in [2.45, 2.75) is 45.1 Å². The maximum atomic E-state index is 6.64. The van der Waals surface area contributed by atoms with Gasteiger partial charge in [-0.15, -0.1) is 0 Å². The normalized spacial score (nSPS) is 22.0. The van der Waals surface area contributed by atoms with Crippen LogP contribution in [0.3, 0.4) is 0 Å². The molecule has 0 heterocycles. The molecule has 1 nitrogen and oxygen atoms in total. The molecule has 2 aromatic carbocycles. The van der Waals surface area contributed by atoms with Crippen LogP contribution >= 0.6 is 0 Å². The topological polar surface area (TPSA) is 26.0 Å². The summed E-state index contributed by atoms with van der Waals surface area (Å²) in [6.45, 7) is 4.63. The van der Waals surface area contributed by atoms with Crippen LogP contribution in [0.25, 0.3) is 11.1 Å². The molecule has 3 rings (SSSR count). The average molecular weight is 279 g/mol. The van der Waals surface area contributed by atoms with Crippen molar-refractivity contribution in [2.75, 3.05) is 0 Å². The van der Waals surface area contributed by atoms with E-state index in [-0.39, 0.29) is 6.04 Å². The second kappa shape index (κ2) is 6.03. The van der Waals surface area contributed by atoms with Crippen molar-refractivity contribution in [2.24, 2.45) is 11.7 Å². The molecule has 3 unspecified atom stereocenters. The molecule has 2 N–H and O–H groups in total. The summed E-state index contributed by atoms with van der Waals surface area (Å²) in [6, 6.07) is 17.8. The minimum atomic E-state index is 0.205. The van der Waals surface area contributed by atoms with Gasteiger partial charge in [0.2, 0.25) is 0 Å². The first-order valence-corrected chi connectivity index (χ1v) is 8.15. The number of benzene rings is 2. The third kappa shape index (κ3) is 2.63. The van der Waals surface area contributed by atoms with E-state index >= 15 is 0 Å². The number of rotatable bonds is 3. The highest BCUT2D eigenvalue weighted by atomic mass is 14.7. The zero-order valence-corrected chi connectivity index (χ0v) is 13.0. The van der Waals surface area contributed by atoms with E-state index in [1.165, 1.54) is 35.1 Å². The Labute approximate surface area is 128 Å². The molecule has 0 amide bonds. The number of nitrogens with two attached hydrogens (primary N) is 1. The molecule has 0 spiro atoms. The second-order valence-electron chi connectivity index (χ2n) is 6.40. The average Bonchev–Trinajstić information content (AvgIpc) is 2.61. The van der Waals surface area contributed by atoms with Crippen LogP contribution in [0.1, 0.15) is 43.7 Å². The van der Waals surface area contributed by atoms with Crippen LogP contribution in [-0.4, -0.2) is 6.04 Å². The molecule has 0 saturated heterocycles. The highest BCUT2D eigenvalue weighted by Crippen LogP contribution is 2.41. The lowest BCUT2D eigenvalue weighted by molar-refractivity contribution is 0.369. The number of hydrogen-bond acceptors (Lipinski definition) is 1. The van der Waals surface area contributed by atoms with Crippen LogP contribution in [0.2, 0.25) is 0 Å². The molecule has 0 aromatic heterocycles. The third-order valence-electron chi connectivity index (χ3n) is 4.90. The molecule has 1 aliphatic rings. The van der Waals surface area contributed by atoms with E-state index in [1.807, 2.05) is 0 Å². The van der Waals surface area contributed by atoms with Gasteiger partial charge in [0.25, 0.3) is 0 Å². The van der Waals surface area contributed by atoms with Gasteiger partial charge in [-0.1, -0.05) is 75.2 Å². The van der Waals surface area contributed by atoms with E-state index in [4.69, 9.17) is 5.73 Å². The van der Waals surface area contributed by atoms with E-state index in [0.717, 1.165) is 6.42 Å². The minimum Gasteiger partial charge on any atom is -0.327 e. The summed E-state index contributed by atoms with van der Waals surface area (Å²) in [5.74, 6) is 1.08. The molecule has 3 atom stereocenters. The lowest BCUT2D eigenvalue weighted by Crippen LogP contribution is -2.33. The Morgan fingerprint density at radius 3 is 2.48 bits per heavy atom. The van der Waals surface area contributed by atoms with E-state index in [0.29, 0.717) is 11.8 Å². The van der Waals surface area contributed by atoms with Gasteiger partial charge in [0, 0.05) is 12.0 Å². The van der Waals surface area contributed by atoms with Crippen molar-refractivity contribution in [1.82, 2.24) is 0 Å². The smallest absolute Gasteiger partial charge is 0.0151 e. The predicted octanol–water partition coefficient (Wildman–Crippen LogP) is 4.76. The standard InChI is InChI=1S/C20H25N/c1-3-8-14(2)20-18-12-7-6-11-17(18)16-10-5-4-9-15(16)13-19(20)21/h4-7,9-12,14,19-20H,3,8,13,21H2,1-2H3. The maximum absolute atomic E-state index is 6.64. The first-order chi connectivity index (χ1) is 10.2. The van der Waals surface area contributed by atoms with Crippen LogP contribution in [0, 0.1) is 5.92 Å². The van der Waals surface area contributed by atoms with Gasteiger partial charge in [0.05, 0.1) is 0 Å². The van der Waals surface area contributed by atoms with Crippen molar-refractivity contribution in [3.8, 4) is 11.1 Å². The number of hydrogen-bond donors (Lipinski definition) is 1. The van der Waals surface area contributed by atoms with Crippen molar-refractivity contribution < 1.29 is 0 Å². The Morgan fingerprint density at radius 2 is 1.71 bits per heavy atom. The lowest BCUT2D eigenvalue weighted by Gasteiger charge is -2.29. The first-order valence-electron chi connectivity index (χ1n) is 8.15. The van der Waals surface area contributed by atoms with Crippen LogP contribution in [0.4, 0.5) is 0 Å². The van der Waals surface area contributed by atoms with Gasteiger partial charge in [-0.25, -0.2) is 0 Å². The molecule has 0 aliphatic heterocycles. The van der Waals surface area contributed by atoms with E-state index < -0.39 is 0 Å². The Kier molecular flexibility index (Phi) is 4.12. The van der Waals surface area contributed by atoms with Gasteiger partial charge < -0.3 is 5.73 Å². The van der Waals surface area contributed by atoms with Gasteiger partial charge in [-0.05, 0) is 34.6 Å². The highest BCUT2D eigenvalue weighted by molar-refractivity contribution is 5.72. The fraction of sp³-hybridized carbons (Fsp3) is 0.400. The molecule has 110 valence electrons. The summed E-state index contributed by atoms with van der Waals surface area (Å²) < 4.78 is 0. The largest absolute Gasteiger partial charge is 0.327 e.